The molecule has 1 heterocycles. The number of aromatic nitrogens is 3. The quantitative estimate of drug-likeness (QED) is 0.127. The molecular formula is C30H21N3O18. The van der Waals surface area contributed by atoms with E-state index in [0.717, 1.165) is 0 Å². The van der Waals surface area contributed by atoms with Gasteiger partial charge < -0.3 is 46.0 Å². The van der Waals surface area contributed by atoms with E-state index in [1.165, 1.54) is 0 Å². The minimum atomic E-state index is -2.86. The van der Waals surface area contributed by atoms with E-state index in [0.29, 0.717) is 36.5 Å². The van der Waals surface area contributed by atoms with E-state index in [4.69, 9.17) is 0 Å². The molecule has 0 bridgehead atoms. The number of carboxylic acid groups (broad SMARTS) is 9. The normalized spacial score (nSPS) is 24.2. The number of carboxylic acids is 9. The zero-order valence-electron chi connectivity index (χ0n) is 25.1. The molecule has 3 aliphatic carbocycles. The van der Waals surface area contributed by atoms with E-state index < -0.39 is 140 Å². The highest BCUT2D eigenvalue weighted by Crippen LogP contribution is 2.43. The van der Waals surface area contributed by atoms with Gasteiger partial charge in [-0.25, -0.2) is 43.7 Å². The minimum Gasteiger partial charge on any atom is -0.480 e. The van der Waals surface area contributed by atoms with Crippen molar-refractivity contribution in [3.05, 3.63) is 87.4 Å². The Bertz CT molecular complexity index is 1860. The van der Waals surface area contributed by atoms with Crippen molar-refractivity contribution in [2.75, 3.05) is 0 Å². The van der Waals surface area contributed by atoms with Crippen molar-refractivity contribution in [3.63, 3.8) is 0 Å². The third-order valence-electron chi connectivity index (χ3n) is 8.39. The lowest BCUT2D eigenvalue weighted by Crippen LogP contribution is -2.46. The van der Waals surface area contributed by atoms with Gasteiger partial charge in [0, 0.05) is 19.3 Å². The van der Waals surface area contributed by atoms with Crippen LogP contribution in [0.1, 0.15) is 36.7 Å². The number of nitrogens with zero attached hydrogens (tertiary/aromatic N) is 3. The molecule has 1 aromatic rings. The van der Waals surface area contributed by atoms with Gasteiger partial charge in [-0.05, 0) is 18.2 Å². The first-order chi connectivity index (χ1) is 23.6. The van der Waals surface area contributed by atoms with Gasteiger partial charge >= 0.3 is 53.7 Å². The number of hydrogen-bond donors (Lipinski definition) is 9. The molecule has 1 aromatic heterocycles. The van der Waals surface area contributed by atoms with Crippen molar-refractivity contribution in [2.45, 2.75) is 35.5 Å². The lowest BCUT2D eigenvalue weighted by atomic mass is 9.72. The molecule has 51 heavy (non-hydrogen) atoms. The fraction of sp³-hybridized carbons (Fsp3) is 0.200. The predicted octanol–water partition coefficient (Wildman–Crippen LogP) is -0.884. The van der Waals surface area contributed by atoms with E-state index in [2.05, 4.69) is 15.0 Å². The van der Waals surface area contributed by atoms with Crippen molar-refractivity contribution in [2.24, 2.45) is 0 Å². The highest BCUT2D eigenvalue weighted by Gasteiger charge is 2.53. The first kappa shape index (κ1) is 36.5. The van der Waals surface area contributed by atoms with Gasteiger partial charge in [0.2, 0.25) is 0 Å². The largest absolute Gasteiger partial charge is 0.480 e. The van der Waals surface area contributed by atoms with E-state index in [9.17, 15) is 89.1 Å². The van der Waals surface area contributed by atoms with E-state index in [-0.39, 0.29) is 0 Å². The van der Waals surface area contributed by atoms with Gasteiger partial charge in [0.1, 0.15) is 16.2 Å². The molecule has 9 N–H and O–H groups in total. The second kappa shape index (κ2) is 12.6. The van der Waals surface area contributed by atoms with Gasteiger partial charge in [-0.15, -0.1) is 0 Å². The monoisotopic (exact) mass is 711 g/mol. The molecule has 3 aliphatic rings. The van der Waals surface area contributed by atoms with Gasteiger partial charge in [0.25, 0.3) is 0 Å². The summed E-state index contributed by atoms with van der Waals surface area (Å²) in [7, 11) is 0. The summed E-state index contributed by atoms with van der Waals surface area (Å²) in [6, 6.07) is 0. The smallest absolute Gasteiger partial charge is 0.336 e. The van der Waals surface area contributed by atoms with E-state index >= 15 is 0 Å². The molecular weight excluding hydrogens is 690 g/mol. The maximum absolute atomic E-state index is 13.0. The molecule has 0 amide bonds. The van der Waals surface area contributed by atoms with E-state index in [1.807, 2.05) is 0 Å². The second-order valence-electron chi connectivity index (χ2n) is 11.2. The molecule has 0 saturated heterocycles. The first-order valence-electron chi connectivity index (χ1n) is 13.8. The summed E-state index contributed by atoms with van der Waals surface area (Å²) in [5.74, 6) is -20.7. The molecule has 21 nitrogen and oxygen atoms in total. The average Bonchev–Trinajstić information content (AvgIpc) is 3.06. The SMILES string of the molecule is O=C(O)C1=C(C(=O)O)CC(C(=O)O)(c2nc(C3(C(=O)O)C=CC(C(=O)O)=C(C(=O)O)C3)nc(C3(C(=O)O)C=CC(C(=O)O)=C(C(=O)O)C3)n2)C=C1. The Hall–Kier alpha value is -7.32. The summed E-state index contributed by atoms with van der Waals surface area (Å²) >= 11 is 0. The minimum absolute atomic E-state index is 0.558. The molecule has 0 radical (unpaired) electrons. The lowest BCUT2D eigenvalue weighted by Gasteiger charge is -2.34. The van der Waals surface area contributed by atoms with Crippen LogP contribution in [0.4, 0.5) is 0 Å². The molecule has 0 fully saturated rings. The Morgan fingerprint density at radius 1 is 0.392 bits per heavy atom. The van der Waals surface area contributed by atoms with Crippen LogP contribution in [0.15, 0.2) is 69.9 Å². The maximum Gasteiger partial charge on any atom is 0.336 e. The Labute approximate surface area is 280 Å². The molecule has 21 heteroatoms. The Balaban J connectivity index is 2.17. The van der Waals surface area contributed by atoms with Crippen LogP contribution >= 0.6 is 0 Å². The topological polar surface area (TPSA) is 374 Å². The summed E-state index contributed by atoms with van der Waals surface area (Å²) in [6.07, 6.45) is -0.297. The van der Waals surface area contributed by atoms with Crippen molar-refractivity contribution in [1.29, 1.82) is 0 Å². The lowest BCUT2D eigenvalue weighted by molar-refractivity contribution is -0.143. The molecule has 0 saturated carbocycles. The van der Waals surface area contributed by atoms with Crippen LogP contribution in [0.25, 0.3) is 0 Å². The summed E-state index contributed by atoms with van der Waals surface area (Å²) < 4.78 is 0. The third-order valence-corrected chi connectivity index (χ3v) is 8.39. The van der Waals surface area contributed by atoms with Crippen molar-refractivity contribution >= 4 is 53.7 Å². The molecule has 0 aliphatic heterocycles. The number of rotatable bonds is 12. The van der Waals surface area contributed by atoms with Crippen LogP contribution in [-0.2, 0) is 59.4 Å². The Morgan fingerprint density at radius 2 is 0.608 bits per heavy atom. The Morgan fingerprint density at radius 3 is 0.765 bits per heavy atom. The number of hydrogen-bond acceptors (Lipinski definition) is 12. The van der Waals surface area contributed by atoms with E-state index in [1.54, 1.807) is 0 Å². The van der Waals surface area contributed by atoms with Gasteiger partial charge in [-0.3, -0.25) is 14.4 Å². The zero-order valence-corrected chi connectivity index (χ0v) is 25.1. The molecule has 3 unspecified atom stereocenters. The fourth-order valence-corrected chi connectivity index (χ4v) is 5.61. The highest BCUT2D eigenvalue weighted by atomic mass is 16.4. The highest BCUT2D eigenvalue weighted by molar-refractivity contribution is 6.05. The standard InChI is InChI=1S/C30H21N3O18/c34-16(35)10-1-4-28(25(46)47,7-13(10)19(40)41)22-31-23(29(26(48)49)5-2-11(17(36)37)14(8-29)20(42)43)33-24(32-22)30(27(50)51)6-3-12(18(38)39)15(9-30)21(44)45/h1-6H,7-9H2,(H,34,35)(H,36,37)(H,38,39)(H,40,41)(H,42,43)(H,44,45)(H,46,47)(H,48,49)(H,50,51). The maximum atomic E-state index is 13.0. The van der Waals surface area contributed by atoms with Crippen molar-refractivity contribution in [3.8, 4) is 0 Å². The molecule has 3 atom stereocenters. The van der Waals surface area contributed by atoms with Crippen LogP contribution < -0.4 is 0 Å². The molecule has 0 spiro atoms. The van der Waals surface area contributed by atoms with Crippen LogP contribution in [-0.4, -0.2) is 115 Å². The Kier molecular flexibility index (Phi) is 9.03. The first-order valence-corrected chi connectivity index (χ1v) is 13.8. The van der Waals surface area contributed by atoms with Gasteiger partial charge in [-0.2, -0.15) is 0 Å². The third kappa shape index (κ3) is 5.87. The van der Waals surface area contributed by atoms with Gasteiger partial charge in [0.15, 0.2) is 17.5 Å². The summed E-state index contributed by atoms with van der Waals surface area (Å²) in [5, 5.41) is 89.3. The van der Waals surface area contributed by atoms with Crippen molar-refractivity contribution < 1.29 is 89.1 Å². The zero-order chi connectivity index (χ0) is 38.4. The van der Waals surface area contributed by atoms with Crippen LogP contribution in [0, 0.1) is 0 Å². The van der Waals surface area contributed by atoms with Crippen LogP contribution in [0.2, 0.25) is 0 Å². The predicted molar refractivity (Wildman–Crippen MR) is 156 cm³/mol. The number of aliphatic carboxylic acids is 9. The fourth-order valence-electron chi connectivity index (χ4n) is 5.61. The van der Waals surface area contributed by atoms with Gasteiger partial charge in [-0.1, -0.05) is 18.2 Å². The number of carbonyl (C=O) groups is 9. The second-order valence-corrected chi connectivity index (χ2v) is 11.2. The summed E-state index contributed by atoms with van der Waals surface area (Å²) in [6.45, 7) is 0. The van der Waals surface area contributed by atoms with Crippen molar-refractivity contribution in [1.82, 2.24) is 15.0 Å². The molecule has 264 valence electrons. The van der Waals surface area contributed by atoms with Crippen LogP contribution in [0.5, 0.6) is 0 Å². The summed E-state index contributed by atoms with van der Waals surface area (Å²) in [4.78, 5) is 122. The summed E-state index contributed by atoms with van der Waals surface area (Å²) in [5.41, 5.74) is -14.3. The average molecular weight is 712 g/mol. The molecule has 4 rings (SSSR count). The van der Waals surface area contributed by atoms with Crippen LogP contribution in [0.3, 0.4) is 0 Å². The van der Waals surface area contributed by atoms with Gasteiger partial charge in [0.05, 0.1) is 33.4 Å². The molecule has 0 aromatic carbocycles.